The number of nitrogens with one attached hydrogen (secondary N) is 1. The molecular formula is C15H12N4O2S2. The van der Waals surface area contributed by atoms with Crippen molar-refractivity contribution in [1.82, 2.24) is 14.9 Å². The SMILES string of the molecule is S=c1[nH]nc(Cc2cccs2)n1/N=C\c1ccc2c(c1)OCO2. The van der Waals surface area contributed by atoms with Crippen LogP contribution < -0.4 is 9.47 Å². The largest absolute Gasteiger partial charge is 0.454 e. The summed E-state index contributed by atoms with van der Waals surface area (Å²) in [4.78, 5) is 1.21. The predicted molar refractivity (Wildman–Crippen MR) is 90.1 cm³/mol. The van der Waals surface area contributed by atoms with E-state index in [1.54, 1.807) is 22.2 Å². The summed E-state index contributed by atoms with van der Waals surface area (Å²) in [5.74, 6) is 2.25. The number of fused-ring (bicyclic) bond motifs is 1. The highest BCUT2D eigenvalue weighted by Gasteiger charge is 2.12. The summed E-state index contributed by atoms with van der Waals surface area (Å²) < 4.78 is 12.8. The molecule has 0 fully saturated rings. The van der Waals surface area contributed by atoms with Crippen LogP contribution in [0.5, 0.6) is 11.5 Å². The van der Waals surface area contributed by atoms with E-state index in [1.807, 2.05) is 29.6 Å². The lowest BCUT2D eigenvalue weighted by Gasteiger charge is -2.00. The van der Waals surface area contributed by atoms with Crippen molar-refractivity contribution in [3.05, 3.63) is 56.7 Å². The number of benzene rings is 1. The summed E-state index contributed by atoms with van der Waals surface area (Å²) in [6, 6.07) is 9.74. The lowest BCUT2D eigenvalue weighted by atomic mass is 10.2. The van der Waals surface area contributed by atoms with Gasteiger partial charge in [-0.05, 0) is 47.4 Å². The van der Waals surface area contributed by atoms with Crippen LogP contribution in [0.15, 0.2) is 40.8 Å². The van der Waals surface area contributed by atoms with E-state index in [2.05, 4.69) is 21.4 Å². The van der Waals surface area contributed by atoms with Crippen molar-refractivity contribution >= 4 is 29.8 Å². The summed E-state index contributed by atoms with van der Waals surface area (Å²) in [5, 5.41) is 13.5. The minimum Gasteiger partial charge on any atom is -0.454 e. The topological polar surface area (TPSA) is 64.4 Å². The van der Waals surface area contributed by atoms with Gasteiger partial charge in [0.1, 0.15) is 0 Å². The normalized spacial score (nSPS) is 13.0. The number of aromatic nitrogens is 3. The van der Waals surface area contributed by atoms with E-state index in [9.17, 15) is 0 Å². The smallest absolute Gasteiger partial charge is 0.231 e. The van der Waals surface area contributed by atoms with Crippen molar-refractivity contribution in [2.24, 2.45) is 5.10 Å². The van der Waals surface area contributed by atoms with Gasteiger partial charge in [0.25, 0.3) is 0 Å². The van der Waals surface area contributed by atoms with Gasteiger partial charge in [0, 0.05) is 11.3 Å². The molecule has 2 aromatic heterocycles. The third-order valence-corrected chi connectivity index (χ3v) is 4.49. The minimum atomic E-state index is 0.258. The lowest BCUT2D eigenvalue weighted by molar-refractivity contribution is 0.174. The van der Waals surface area contributed by atoms with E-state index in [0.29, 0.717) is 11.2 Å². The number of H-pyrrole nitrogens is 1. The highest BCUT2D eigenvalue weighted by molar-refractivity contribution is 7.71. The zero-order chi connectivity index (χ0) is 15.6. The van der Waals surface area contributed by atoms with Crippen LogP contribution in [-0.4, -0.2) is 27.9 Å². The molecule has 0 saturated carbocycles. The summed E-state index contributed by atoms with van der Waals surface area (Å²) in [6.07, 6.45) is 2.41. The van der Waals surface area contributed by atoms with Gasteiger partial charge in [0.15, 0.2) is 17.3 Å². The van der Waals surface area contributed by atoms with Crippen molar-refractivity contribution in [1.29, 1.82) is 0 Å². The van der Waals surface area contributed by atoms with Crippen LogP contribution >= 0.6 is 23.6 Å². The fourth-order valence-electron chi connectivity index (χ4n) is 2.24. The summed E-state index contributed by atoms with van der Waals surface area (Å²) in [5.41, 5.74) is 0.902. The number of nitrogens with zero attached hydrogens (tertiary/aromatic N) is 3. The van der Waals surface area contributed by atoms with Gasteiger partial charge >= 0.3 is 0 Å². The van der Waals surface area contributed by atoms with Crippen LogP contribution in [0, 0.1) is 4.77 Å². The van der Waals surface area contributed by atoms with Crippen LogP contribution in [0.2, 0.25) is 0 Å². The molecule has 0 radical (unpaired) electrons. The fraction of sp³-hybridized carbons (Fsp3) is 0.133. The molecule has 4 rings (SSSR count). The summed E-state index contributed by atoms with van der Waals surface area (Å²) in [7, 11) is 0. The Kier molecular flexibility index (Phi) is 3.68. The van der Waals surface area contributed by atoms with Crippen molar-refractivity contribution in [3.63, 3.8) is 0 Å². The molecule has 0 amide bonds. The minimum absolute atomic E-state index is 0.258. The lowest BCUT2D eigenvalue weighted by Crippen LogP contribution is -1.99. The van der Waals surface area contributed by atoms with Gasteiger partial charge in [0.2, 0.25) is 11.6 Å². The van der Waals surface area contributed by atoms with Crippen molar-refractivity contribution < 1.29 is 9.47 Å². The molecule has 1 N–H and O–H groups in total. The van der Waals surface area contributed by atoms with Crippen molar-refractivity contribution in [2.45, 2.75) is 6.42 Å². The van der Waals surface area contributed by atoms with Crippen LogP contribution in [0.4, 0.5) is 0 Å². The van der Waals surface area contributed by atoms with E-state index < -0.39 is 0 Å². The maximum Gasteiger partial charge on any atom is 0.231 e. The highest BCUT2D eigenvalue weighted by atomic mass is 32.1. The second-order valence-electron chi connectivity index (χ2n) is 4.87. The maximum atomic E-state index is 5.37. The molecule has 8 heteroatoms. The first-order valence-corrected chi connectivity index (χ1v) is 8.21. The molecule has 116 valence electrons. The predicted octanol–water partition coefficient (Wildman–Crippen LogP) is 3.20. The average molecular weight is 344 g/mol. The van der Waals surface area contributed by atoms with E-state index in [-0.39, 0.29) is 6.79 Å². The second-order valence-corrected chi connectivity index (χ2v) is 6.29. The number of rotatable bonds is 4. The number of thiophene rings is 1. The van der Waals surface area contributed by atoms with Crippen molar-refractivity contribution in [3.8, 4) is 11.5 Å². The zero-order valence-corrected chi connectivity index (χ0v) is 13.6. The molecule has 3 heterocycles. The standard InChI is InChI=1S/C15H12N4O2S2/c22-15-18-17-14(7-11-2-1-5-23-11)19(15)16-8-10-3-4-12-13(6-10)21-9-20-12/h1-6,8H,7,9H2,(H,18,22)/b16-8-. The number of ether oxygens (including phenoxy) is 2. The van der Waals surface area contributed by atoms with Gasteiger partial charge in [-0.2, -0.15) is 14.9 Å². The first-order chi connectivity index (χ1) is 11.3. The van der Waals surface area contributed by atoms with Gasteiger partial charge < -0.3 is 9.47 Å². The molecule has 3 aromatic rings. The Hall–Kier alpha value is -2.45. The summed E-state index contributed by atoms with van der Waals surface area (Å²) >= 11 is 6.93. The Bertz CT molecular complexity index is 912. The molecule has 6 nitrogen and oxygen atoms in total. The molecule has 1 aliphatic rings. The second kappa shape index (κ2) is 5.98. The van der Waals surface area contributed by atoms with Gasteiger partial charge in [-0.25, -0.2) is 0 Å². The molecule has 0 bridgehead atoms. The van der Waals surface area contributed by atoms with E-state index in [4.69, 9.17) is 21.7 Å². The van der Waals surface area contributed by atoms with Crippen molar-refractivity contribution in [2.75, 3.05) is 6.79 Å². The van der Waals surface area contributed by atoms with E-state index in [1.165, 1.54) is 4.88 Å². The third-order valence-electron chi connectivity index (χ3n) is 3.35. The Morgan fingerprint density at radius 1 is 1.35 bits per heavy atom. The van der Waals surface area contributed by atoms with Gasteiger partial charge in [-0.1, -0.05) is 6.07 Å². The molecule has 0 aliphatic carbocycles. The van der Waals surface area contributed by atoms with Gasteiger partial charge in [-0.3, -0.25) is 5.10 Å². The van der Waals surface area contributed by atoms with Crippen LogP contribution in [0.25, 0.3) is 0 Å². The monoisotopic (exact) mass is 344 g/mol. The van der Waals surface area contributed by atoms with Crippen LogP contribution in [-0.2, 0) is 6.42 Å². The molecular weight excluding hydrogens is 332 g/mol. The average Bonchev–Trinajstić information content (AvgIpc) is 3.28. The zero-order valence-electron chi connectivity index (χ0n) is 11.9. The molecule has 0 unspecified atom stereocenters. The third kappa shape index (κ3) is 2.90. The van der Waals surface area contributed by atoms with Crippen LogP contribution in [0.1, 0.15) is 16.3 Å². The number of hydrogen-bond donors (Lipinski definition) is 1. The van der Waals surface area contributed by atoms with Gasteiger partial charge in [-0.15, -0.1) is 11.3 Å². The highest BCUT2D eigenvalue weighted by Crippen LogP contribution is 2.32. The number of hydrogen-bond acceptors (Lipinski definition) is 6. The van der Waals surface area contributed by atoms with E-state index >= 15 is 0 Å². The van der Waals surface area contributed by atoms with E-state index in [0.717, 1.165) is 22.9 Å². The molecule has 1 aromatic carbocycles. The Morgan fingerprint density at radius 3 is 3.13 bits per heavy atom. The Morgan fingerprint density at radius 2 is 2.26 bits per heavy atom. The molecule has 23 heavy (non-hydrogen) atoms. The Balaban J connectivity index is 1.61. The Labute approximate surface area is 141 Å². The molecule has 1 aliphatic heterocycles. The maximum absolute atomic E-state index is 5.37. The van der Waals surface area contributed by atoms with Gasteiger partial charge in [0.05, 0.1) is 6.21 Å². The van der Waals surface area contributed by atoms with Crippen LogP contribution in [0.3, 0.4) is 0 Å². The first-order valence-electron chi connectivity index (χ1n) is 6.92. The first kappa shape index (κ1) is 14.2. The number of aromatic amines is 1. The molecule has 0 spiro atoms. The summed E-state index contributed by atoms with van der Waals surface area (Å²) in [6.45, 7) is 0.258. The fourth-order valence-corrected chi connectivity index (χ4v) is 3.14. The quantitative estimate of drug-likeness (QED) is 0.583. The molecule has 0 atom stereocenters. The molecule has 0 saturated heterocycles.